The summed E-state index contributed by atoms with van der Waals surface area (Å²) in [5.74, 6) is 1.39. The minimum atomic E-state index is -0.206. The fraction of sp³-hybridized carbons (Fsp3) is 0.286. The van der Waals surface area contributed by atoms with Gasteiger partial charge in [0.1, 0.15) is 5.75 Å². The quantitative estimate of drug-likeness (QED) is 0.676. The Bertz CT molecular complexity index is 593. The van der Waals surface area contributed by atoms with Crippen molar-refractivity contribution >= 4 is 11.6 Å². The Hall–Kier alpha value is -1.81. The summed E-state index contributed by atoms with van der Waals surface area (Å²) in [7, 11) is 0. The number of hydrogen-bond donors (Lipinski definition) is 1. The number of rotatable bonds is 5. The molecule has 2 aromatic rings. The molecule has 0 atom stereocenters. The van der Waals surface area contributed by atoms with Crippen molar-refractivity contribution in [3.63, 3.8) is 0 Å². The van der Waals surface area contributed by atoms with Gasteiger partial charge >= 0.3 is 0 Å². The molecule has 0 aliphatic rings. The fourth-order valence-corrected chi connectivity index (χ4v) is 1.84. The largest absolute Gasteiger partial charge is 0.494 e. The molecular weight excluding hydrogens is 264 g/mol. The van der Waals surface area contributed by atoms with Gasteiger partial charge in [0.05, 0.1) is 12.3 Å². The Balaban J connectivity index is 2.18. The van der Waals surface area contributed by atoms with Gasteiger partial charge in [-0.25, -0.2) is 5.10 Å². The van der Waals surface area contributed by atoms with Crippen LogP contribution in [0.25, 0.3) is 11.1 Å². The maximum Gasteiger partial charge on any atom is 0.264 e. The van der Waals surface area contributed by atoms with Crippen LogP contribution in [0.2, 0.25) is 0 Å². The fourth-order valence-electron chi connectivity index (χ4n) is 1.73. The first-order valence-corrected chi connectivity index (χ1v) is 6.59. The second-order valence-electron chi connectivity index (χ2n) is 4.15. The topological polar surface area (TPSA) is 55.0 Å². The van der Waals surface area contributed by atoms with Crippen LogP contribution in [0, 0.1) is 6.92 Å². The van der Waals surface area contributed by atoms with Crippen molar-refractivity contribution < 1.29 is 4.74 Å². The molecular formula is C14H15ClN2O2. The van der Waals surface area contributed by atoms with Crippen LogP contribution >= 0.6 is 11.6 Å². The lowest BCUT2D eigenvalue weighted by molar-refractivity contribution is 0.318. The van der Waals surface area contributed by atoms with Gasteiger partial charge in [-0.05, 0) is 31.0 Å². The van der Waals surface area contributed by atoms with Crippen molar-refractivity contribution in [1.29, 1.82) is 0 Å². The summed E-state index contributed by atoms with van der Waals surface area (Å²) in [4.78, 5) is 11.3. The lowest BCUT2D eigenvalue weighted by Crippen LogP contribution is -2.08. The summed E-state index contributed by atoms with van der Waals surface area (Å²) < 4.78 is 5.52. The van der Waals surface area contributed by atoms with Crippen LogP contribution in [0.1, 0.15) is 12.1 Å². The van der Waals surface area contributed by atoms with Crippen molar-refractivity contribution in [2.75, 3.05) is 12.5 Å². The van der Waals surface area contributed by atoms with Crippen LogP contribution in [-0.4, -0.2) is 22.7 Å². The molecule has 0 aliphatic heterocycles. The number of nitrogens with one attached hydrogen (secondary N) is 1. The van der Waals surface area contributed by atoms with Crippen LogP contribution in [0.4, 0.5) is 0 Å². The first kappa shape index (κ1) is 13.6. The average Bonchev–Trinajstić information content (AvgIpc) is 2.43. The first-order chi connectivity index (χ1) is 9.20. The third-order valence-corrected chi connectivity index (χ3v) is 2.98. The summed E-state index contributed by atoms with van der Waals surface area (Å²) in [6.07, 6.45) is 0.820. The molecule has 2 rings (SSSR count). The molecule has 0 amide bonds. The highest BCUT2D eigenvalue weighted by Gasteiger charge is 2.04. The molecule has 1 aromatic carbocycles. The number of aromatic nitrogens is 2. The predicted octanol–water partition coefficient (Wildman–Crippen LogP) is 2.75. The highest BCUT2D eigenvalue weighted by Crippen LogP contribution is 2.23. The van der Waals surface area contributed by atoms with Gasteiger partial charge in [0, 0.05) is 17.5 Å². The van der Waals surface area contributed by atoms with Crippen molar-refractivity contribution in [2.24, 2.45) is 0 Å². The highest BCUT2D eigenvalue weighted by atomic mass is 35.5. The number of halogens is 1. The van der Waals surface area contributed by atoms with E-state index in [0.717, 1.165) is 29.0 Å². The van der Waals surface area contributed by atoms with E-state index in [9.17, 15) is 4.79 Å². The van der Waals surface area contributed by atoms with E-state index in [1.807, 2.05) is 31.2 Å². The monoisotopic (exact) mass is 278 g/mol. The Labute approximate surface area is 116 Å². The van der Waals surface area contributed by atoms with Crippen molar-refractivity contribution in [3.8, 4) is 16.9 Å². The molecule has 0 unspecified atom stereocenters. The summed E-state index contributed by atoms with van der Waals surface area (Å²) in [6.45, 7) is 2.46. The van der Waals surface area contributed by atoms with Gasteiger partial charge in [-0.1, -0.05) is 12.1 Å². The molecule has 0 aliphatic carbocycles. The van der Waals surface area contributed by atoms with Crippen LogP contribution < -0.4 is 10.3 Å². The molecule has 0 saturated heterocycles. The zero-order chi connectivity index (χ0) is 13.7. The van der Waals surface area contributed by atoms with Gasteiger partial charge in [0.2, 0.25) is 0 Å². The number of aryl methyl sites for hydroxylation is 1. The molecule has 19 heavy (non-hydrogen) atoms. The van der Waals surface area contributed by atoms with Gasteiger partial charge < -0.3 is 4.74 Å². The van der Waals surface area contributed by atoms with E-state index < -0.39 is 0 Å². The highest BCUT2D eigenvalue weighted by molar-refractivity contribution is 6.17. The summed E-state index contributed by atoms with van der Waals surface area (Å²) in [5.41, 5.74) is 2.36. The second-order valence-corrected chi connectivity index (χ2v) is 4.52. The van der Waals surface area contributed by atoms with Crippen LogP contribution in [-0.2, 0) is 0 Å². The number of alkyl halides is 1. The third-order valence-electron chi connectivity index (χ3n) is 2.71. The standard InChI is InChI=1S/C14H15ClN2O2/c1-10-13(9-14(18)17-16-10)11-3-5-12(6-4-11)19-8-2-7-15/h3-6,9H,2,7-8H2,1H3,(H,17,18). The predicted molar refractivity (Wildman–Crippen MR) is 75.9 cm³/mol. The number of H-pyrrole nitrogens is 1. The summed E-state index contributed by atoms with van der Waals surface area (Å²) in [6, 6.07) is 9.14. The molecule has 0 saturated carbocycles. The molecule has 100 valence electrons. The zero-order valence-corrected chi connectivity index (χ0v) is 11.4. The van der Waals surface area contributed by atoms with Gasteiger partial charge in [-0.15, -0.1) is 11.6 Å². The number of ether oxygens (including phenoxy) is 1. The van der Waals surface area contributed by atoms with E-state index >= 15 is 0 Å². The third kappa shape index (κ3) is 3.58. The van der Waals surface area contributed by atoms with Crippen molar-refractivity contribution in [1.82, 2.24) is 10.2 Å². The minimum absolute atomic E-state index is 0.206. The molecule has 1 heterocycles. The molecule has 0 bridgehead atoms. The Morgan fingerprint density at radius 2 is 2.05 bits per heavy atom. The molecule has 4 nitrogen and oxygen atoms in total. The van der Waals surface area contributed by atoms with Crippen LogP contribution in [0.15, 0.2) is 35.1 Å². The number of nitrogens with zero attached hydrogens (tertiary/aromatic N) is 1. The minimum Gasteiger partial charge on any atom is -0.494 e. The molecule has 1 aromatic heterocycles. The lowest BCUT2D eigenvalue weighted by Gasteiger charge is -2.07. The smallest absolute Gasteiger partial charge is 0.264 e. The van der Waals surface area contributed by atoms with Crippen LogP contribution in [0.3, 0.4) is 0 Å². The van der Waals surface area contributed by atoms with Gasteiger partial charge in [-0.2, -0.15) is 5.10 Å². The molecule has 5 heteroatoms. The average molecular weight is 279 g/mol. The second kappa shape index (κ2) is 6.38. The Kier molecular flexibility index (Phi) is 4.58. The Morgan fingerprint density at radius 3 is 2.74 bits per heavy atom. The van der Waals surface area contributed by atoms with Crippen molar-refractivity contribution in [3.05, 3.63) is 46.4 Å². The van der Waals surface area contributed by atoms with E-state index in [1.54, 1.807) is 6.07 Å². The van der Waals surface area contributed by atoms with E-state index in [4.69, 9.17) is 16.3 Å². The maximum atomic E-state index is 11.3. The van der Waals surface area contributed by atoms with E-state index in [0.29, 0.717) is 12.5 Å². The normalized spacial score (nSPS) is 10.4. The molecule has 0 spiro atoms. The first-order valence-electron chi connectivity index (χ1n) is 6.06. The molecule has 1 N–H and O–H groups in total. The number of aromatic amines is 1. The van der Waals surface area contributed by atoms with Crippen LogP contribution in [0.5, 0.6) is 5.75 Å². The lowest BCUT2D eigenvalue weighted by atomic mass is 10.1. The number of hydrogen-bond acceptors (Lipinski definition) is 3. The molecule has 0 fully saturated rings. The van der Waals surface area contributed by atoms with Gasteiger partial charge in [0.15, 0.2) is 0 Å². The summed E-state index contributed by atoms with van der Waals surface area (Å²) in [5, 5.41) is 6.37. The van der Waals surface area contributed by atoms with Gasteiger partial charge in [0.25, 0.3) is 5.56 Å². The van der Waals surface area contributed by atoms with E-state index in [2.05, 4.69) is 10.2 Å². The SMILES string of the molecule is Cc1n[nH]c(=O)cc1-c1ccc(OCCCCl)cc1. The van der Waals surface area contributed by atoms with Crippen molar-refractivity contribution in [2.45, 2.75) is 13.3 Å². The van der Waals surface area contributed by atoms with E-state index in [1.165, 1.54) is 0 Å². The van der Waals surface area contributed by atoms with Gasteiger partial charge in [-0.3, -0.25) is 4.79 Å². The Morgan fingerprint density at radius 1 is 1.32 bits per heavy atom. The molecule has 0 radical (unpaired) electrons. The summed E-state index contributed by atoms with van der Waals surface area (Å²) >= 11 is 5.59. The maximum absolute atomic E-state index is 11.3. The zero-order valence-electron chi connectivity index (χ0n) is 10.6. The number of benzene rings is 1. The van der Waals surface area contributed by atoms with E-state index in [-0.39, 0.29) is 5.56 Å².